The molecule has 2 N–H and O–H groups in total. The van der Waals surface area contributed by atoms with Crippen molar-refractivity contribution in [1.29, 1.82) is 0 Å². The smallest absolute Gasteiger partial charge is 0.430 e. The summed E-state index contributed by atoms with van der Waals surface area (Å²) in [6.45, 7) is 0. The van der Waals surface area contributed by atoms with Crippen LogP contribution in [0.4, 0.5) is 13.2 Å². The van der Waals surface area contributed by atoms with Crippen LogP contribution >= 0.6 is 0 Å². The van der Waals surface area contributed by atoms with E-state index in [4.69, 9.17) is 24.4 Å². The molecule has 0 radical (unpaired) electrons. The Labute approximate surface area is 215 Å². The van der Waals surface area contributed by atoms with Crippen molar-refractivity contribution in [3.63, 3.8) is 0 Å². The second-order valence-electron chi connectivity index (χ2n) is 7.97. The summed E-state index contributed by atoms with van der Waals surface area (Å²) in [5.74, 6) is 0.914. The molecule has 194 valence electrons. The molecule has 4 aromatic rings. The highest BCUT2D eigenvalue weighted by Gasteiger charge is 2.48. The lowest BCUT2D eigenvalue weighted by molar-refractivity contribution is -0.187. The van der Waals surface area contributed by atoms with Crippen LogP contribution in [0.15, 0.2) is 109 Å². The molecule has 0 spiro atoms. The number of ether oxygens (including phenoxy) is 3. The van der Waals surface area contributed by atoms with E-state index in [9.17, 15) is 18.0 Å². The number of hydrogen-bond acceptors (Lipinski definition) is 5. The number of halogens is 3. The molecule has 0 aliphatic carbocycles. The van der Waals surface area contributed by atoms with Crippen LogP contribution in [0.5, 0.6) is 34.5 Å². The van der Waals surface area contributed by atoms with Crippen molar-refractivity contribution in [2.75, 3.05) is 0 Å². The molecule has 0 bridgehead atoms. The van der Waals surface area contributed by atoms with Gasteiger partial charge < -0.3 is 24.4 Å². The summed E-state index contributed by atoms with van der Waals surface area (Å²) in [6.07, 6.45) is -6.36. The second-order valence-corrected chi connectivity index (χ2v) is 7.97. The number of aliphatic carboxylic acids is 1. The molecule has 1 unspecified atom stereocenters. The van der Waals surface area contributed by atoms with Gasteiger partial charge in [-0.3, -0.25) is 0 Å². The number of para-hydroxylation sites is 2. The van der Waals surface area contributed by atoms with E-state index in [0.717, 1.165) is 11.8 Å². The molecule has 0 saturated carbocycles. The maximum atomic E-state index is 13.0. The average Bonchev–Trinajstić information content (AvgIpc) is 2.90. The second kappa shape index (κ2) is 11.4. The molecular formula is C29H21F3O6. The zero-order valence-corrected chi connectivity index (χ0v) is 19.6. The van der Waals surface area contributed by atoms with Crippen LogP contribution in [0, 0.1) is 0 Å². The minimum atomic E-state index is -4.82. The van der Waals surface area contributed by atoms with Gasteiger partial charge in [0.2, 0.25) is 6.10 Å². The largest absolute Gasteiger partial charge is 0.508 e. The van der Waals surface area contributed by atoms with Crippen LogP contribution < -0.4 is 14.2 Å². The zero-order valence-electron chi connectivity index (χ0n) is 19.6. The van der Waals surface area contributed by atoms with Gasteiger partial charge in [-0.25, -0.2) is 4.79 Å². The molecule has 0 aromatic heterocycles. The third-order valence-electron chi connectivity index (χ3n) is 5.16. The predicted molar refractivity (Wildman–Crippen MR) is 134 cm³/mol. The quantitative estimate of drug-likeness (QED) is 0.283. The molecular weight excluding hydrogens is 501 g/mol. The highest BCUT2D eigenvalue weighted by Crippen LogP contribution is 2.39. The number of fused-ring (bicyclic) bond motifs is 1. The zero-order chi connectivity index (χ0) is 27.1. The fraction of sp³-hybridized carbons (Fsp3) is 0.0690. The number of carboxylic acid groups (broad SMARTS) is 1. The minimum absolute atomic E-state index is 0.0530. The molecule has 6 nitrogen and oxygen atoms in total. The number of carbonyl (C=O) groups is 1. The summed E-state index contributed by atoms with van der Waals surface area (Å²) in [4.78, 5) is 11.1. The van der Waals surface area contributed by atoms with Crippen LogP contribution in [0.2, 0.25) is 0 Å². The highest BCUT2D eigenvalue weighted by molar-refractivity contribution is 5.95. The molecule has 38 heavy (non-hydrogen) atoms. The first-order valence-corrected chi connectivity index (χ1v) is 11.3. The van der Waals surface area contributed by atoms with Gasteiger partial charge in [0.1, 0.15) is 34.5 Å². The first-order chi connectivity index (χ1) is 18.2. The lowest BCUT2D eigenvalue weighted by Crippen LogP contribution is -2.40. The Bertz CT molecular complexity index is 1400. The van der Waals surface area contributed by atoms with Gasteiger partial charge >= 0.3 is 12.1 Å². The van der Waals surface area contributed by atoms with Gasteiger partial charge in [-0.2, -0.15) is 13.2 Å². The maximum Gasteiger partial charge on any atom is 0.430 e. The molecule has 5 rings (SSSR count). The molecule has 1 atom stereocenters. The van der Waals surface area contributed by atoms with Crippen molar-refractivity contribution in [3.8, 4) is 34.5 Å². The molecule has 4 aromatic carbocycles. The minimum Gasteiger partial charge on any atom is -0.508 e. The summed E-state index contributed by atoms with van der Waals surface area (Å²) in [6, 6.07) is 29.2. The number of phenols is 1. The monoisotopic (exact) mass is 522 g/mol. The summed E-state index contributed by atoms with van der Waals surface area (Å²) in [5, 5.41) is 18.1. The van der Waals surface area contributed by atoms with Crippen molar-refractivity contribution in [2.45, 2.75) is 12.3 Å². The molecule has 0 saturated heterocycles. The highest BCUT2D eigenvalue weighted by atomic mass is 19.4. The van der Waals surface area contributed by atoms with E-state index in [0.29, 0.717) is 17.2 Å². The third kappa shape index (κ3) is 6.85. The van der Waals surface area contributed by atoms with Crippen LogP contribution in [0.25, 0.3) is 6.08 Å². The van der Waals surface area contributed by atoms with E-state index in [2.05, 4.69) is 0 Å². The first kappa shape index (κ1) is 26.2. The van der Waals surface area contributed by atoms with Gasteiger partial charge in [0.25, 0.3) is 0 Å². The van der Waals surface area contributed by atoms with Crippen molar-refractivity contribution in [2.24, 2.45) is 0 Å². The summed E-state index contributed by atoms with van der Waals surface area (Å²) in [7, 11) is 0. The topological polar surface area (TPSA) is 85.2 Å². The van der Waals surface area contributed by atoms with Gasteiger partial charge in [-0.05, 0) is 72.8 Å². The molecule has 1 aliphatic heterocycles. The van der Waals surface area contributed by atoms with E-state index in [-0.39, 0.29) is 17.1 Å². The van der Waals surface area contributed by atoms with Crippen molar-refractivity contribution in [1.82, 2.24) is 0 Å². The Morgan fingerprint density at radius 1 is 0.737 bits per heavy atom. The predicted octanol–water partition coefficient (Wildman–Crippen LogP) is 7.45. The number of carboxylic acids is 1. The van der Waals surface area contributed by atoms with Gasteiger partial charge in [0, 0.05) is 5.56 Å². The molecule has 0 amide bonds. The molecule has 1 heterocycles. The SMILES string of the molecule is O=C(O)C1=Cc2cc(Oc3ccccc3)ccc2OC1C(F)(F)F.Oc1ccc(Oc2ccccc2)cc1. The Hall–Kier alpha value is -4.92. The van der Waals surface area contributed by atoms with E-state index < -0.39 is 23.8 Å². The lowest BCUT2D eigenvalue weighted by atomic mass is 10.0. The Morgan fingerprint density at radius 2 is 1.24 bits per heavy atom. The number of hydrogen-bond donors (Lipinski definition) is 2. The van der Waals surface area contributed by atoms with Gasteiger partial charge in [0.15, 0.2) is 0 Å². The third-order valence-corrected chi connectivity index (χ3v) is 5.16. The fourth-order valence-electron chi connectivity index (χ4n) is 3.42. The number of aromatic hydroxyl groups is 1. The maximum absolute atomic E-state index is 13.0. The van der Waals surface area contributed by atoms with E-state index in [1.54, 1.807) is 48.5 Å². The lowest BCUT2D eigenvalue weighted by Gasteiger charge is -2.27. The standard InChI is InChI=1S/C17H11F3O4.C12H10O2/c18-17(19,20)15-13(16(21)22)9-10-8-12(6-7-14(10)24-15)23-11-4-2-1-3-5-11;13-10-6-8-12(9-7-10)14-11-4-2-1-3-5-11/h1-9,15H,(H,21,22);1-9,13H. The number of alkyl halides is 3. The summed E-state index contributed by atoms with van der Waals surface area (Å²) >= 11 is 0. The van der Waals surface area contributed by atoms with E-state index in [1.807, 2.05) is 36.4 Å². The van der Waals surface area contributed by atoms with Gasteiger partial charge in [-0.15, -0.1) is 0 Å². The first-order valence-electron chi connectivity index (χ1n) is 11.3. The Balaban J connectivity index is 0.000000204. The van der Waals surface area contributed by atoms with Crippen LogP contribution in [0.3, 0.4) is 0 Å². The number of phenolic OH excluding ortho intramolecular Hbond substituents is 1. The molecule has 9 heteroatoms. The van der Waals surface area contributed by atoms with Crippen LogP contribution in [-0.4, -0.2) is 28.5 Å². The van der Waals surface area contributed by atoms with Gasteiger partial charge in [0.05, 0.1) is 5.57 Å². The molecule has 0 fully saturated rings. The van der Waals surface area contributed by atoms with Crippen molar-refractivity contribution >= 4 is 12.0 Å². The van der Waals surface area contributed by atoms with Crippen LogP contribution in [0.1, 0.15) is 5.56 Å². The fourth-order valence-corrected chi connectivity index (χ4v) is 3.42. The van der Waals surface area contributed by atoms with Crippen molar-refractivity contribution < 1.29 is 42.4 Å². The number of benzene rings is 4. The summed E-state index contributed by atoms with van der Waals surface area (Å²) in [5.41, 5.74) is -0.659. The van der Waals surface area contributed by atoms with Crippen LogP contribution in [-0.2, 0) is 4.79 Å². The van der Waals surface area contributed by atoms with E-state index >= 15 is 0 Å². The van der Waals surface area contributed by atoms with E-state index in [1.165, 1.54) is 18.2 Å². The Morgan fingerprint density at radius 3 is 1.76 bits per heavy atom. The normalized spacial score (nSPS) is 14.1. The summed E-state index contributed by atoms with van der Waals surface area (Å²) < 4.78 is 54.8. The van der Waals surface area contributed by atoms with Crippen molar-refractivity contribution in [3.05, 3.63) is 114 Å². The number of rotatable bonds is 5. The molecule has 1 aliphatic rings. The Kier molecular flexibility index (Phi) is 7.86. The average molecular weight is 522 g/mol. The van der Waals surface area contributed by atoms with Gasteiger partial charge in [-0.1, -0.05) is 36.4 Å².